The van der Waals surface area contributed by atoms with Gasteiger partial charge in [-0.3, -0.25) is 4.79 Å². The number of benzene rings is 1. The van der Waals surface area contributed by atoms with E-state index in [-0.39, 0.29) is 5.78 Å². The van der Waals surface area contributed by atoms with E-state index in [1.165, 1.54) is 0 Å². The predicted molar refractivity (Wildman–Crippen MR) is 76.2 cm³/mol. The average Bonchev–Trinajstić information content (AvgIpc) is 2.33. The van der Waals surface area contributed by atoms with Gasteiger partial charge in [0.15, 0.2) is 5.78 Å². The first-order valence-corrected chi connectivity index (χ1v) is 6.49. The molecule has 0 saturated heterocycles. The maximum atomic E-state index is 12.3. The standard InChI is InChI=1S/C15H14Cl2O/c1-14(2)10-12(8-9-15(14,16)17)13(18)11-6-4-3-5-7-11/h3-10H,1-2H3. The van der Waals surface area contributed by atoms with E-state index in [2.05, 4.69) is 0 Å². The number of hydrogen-bond donors (Lipinski definition) is 0. The number of halogens is 2. The molecule has 18 heavy (non-hydrogen) atoms. The molecule has 94 valence electrons. The lowest BCUT2D eigenvalue weighted by Crippen LogP contribution is -2.33. The van der Waals surface area contributed by atoms with E-state index >= 15 is 0 Å². The summed E-state index contributed by atoms with van der Waals surface area (Å²) in [5.74, 6) is -0.0104. The van der Waals surface area contributed by atoms with Crippen LogP contribution in [0.2, 0.25) is 0 Å². The predicted octanol–water partition coefficient (Wildman–Crippen LogP) is 4.57. The Kier molecular flexibility index (Phi) is 3.39. The fourth-order valence-corrected chi connectivity index (χ4v) is 2.07. The van der Waals surface area contributed by atoms with Crippen molar-refractivity contribution < 1.29 is 4.79 Å². The molecule has 3 heteroatoms. The van der Waals surface area contributed by atoms with Crippen molar-refractivity contribution in [2.45, 2.75) is 18.2 Å². The number of carbonyl (C=O) groups is 1. The van der Waals surface area contributed by atoms with Gasteiger partial charge in [0.1, 0.15) is 4.33 Å². The largest absolute Gasteiger partial charge is 0.289 e. The Morgan fingerprint density at radius 1 is 1.11 bits per heavy atom. The molecule has 0 saturated carbocycles. The van der Waals surface area contributed by atoms with Gasteiger partial charge in [-0.15, -0.1) is 0 Å². The molecule has 0 amide bonds. The molecule has 1 aromatic carbocycles. The Bertz CT molecular complexity index is 525. The van der Waals surface area contributed by atoms with Crippen molar-refractivity contribution in [1.82, 2.24) is 0 Å². The summed E-state index contributed by atoms with van der Waals surface area (Å²) in [7, 11) is 0. The van der Waals surface area contributed by atoms with Crippen LogP contribution in [0.15, 0.2) is 54.1 Å². The van der Waals surface area contributed by atoms with E-state index in [9.17, 15) is 4.79 Å². The van der Waals surface area contributed by atoms with Crippen LogP contribution in [0.1, 0.15) is 24.2 Å². The summed E-state index contributed by atoms with van der Waals surface area (Å²) >= 11 is 12.4. The minimum atomic E-state index is -0.979. The Morgan fingerprint density at radius 2 is 1.72 bits per heavy atom. The van der Waals surface area contributed by atoms with Crippen molar-refractivity contribution in [1.29, 1.82) is 0 Å². The summed E-state index contributed by atoms with van der Waals surface area (Å²) < 4.78 is -0.979. The summed E-state index contributed by atoms with van der Waals surface area (Å²) in [4.78, 5) is 12.3. The van der Waals surface area contributed by atoms with Crippen molar-refractivity contribution in [3.05, 3.63) is 59.7 Å². The zero-order chi connectivity index (χ0) is 13.4. The highest BCUT2D eigenvalue weighted by molar-refractivity contribution is 6.50. The zero-order valence-electron chi connectivity index (χ0n) is 10.3. The van der Waals surface area contributed by atoms with Gasteiger partial charge < -0.3 is 0 Å². The first kappa shape index (κ1) is 13.4. The van der Waals surface area contributed by atoms with Crippen LogP contribution in [-0.4, -0.2) is 10.1 Å². The van der Waals surface area contributed by atoms with E-state index in [1.807, 2.05) is 38.1 Å². The molecule has 0 atom stereocenters. The maximum Gasteiger partial charge on any atom is 0.192 e. The molecular weight excluding hydrogens is 267 g/mol. The van der Waals surface area contributed by atoms with E-state index in [0.29, 0.717) is 11.1 Å². The minimum Gasteiger partial charge on any atom is -0.289 e. The highest BCUT2D eigenvalue weighted by Crippen LogP contribution is 2.46. The number of allylic oxidation sites excluding steroid dienone is 4. The summed E-state index contributed by atoms with van der Waals surface area (Å²) in [6.07, 6.45) is 5.20. The van der Waals surface area contributed by atoms with Crippen molar-refractivity contribution >= 4 is 29.0 Å². The molecule has 1 aromatic rings. The number of hydrogen-bond acceptors (Lipinski definition) is 1. The van der Waals surface area contributed by atoms with Gasteiger partial charge in [0.25, 0.3) is 0 Å². The molecule has 0 spiro atoms. The van der Waals surface area contributed by atoms with E-state index < -0.39 is 9.75 Å². The maximum absolute atomic E-state index is 12.3. The topological polar surface area (TPSA) is 17.1 Å². The van der Waals surface area contributed by atoms with Crippen molar-refractivity contribution in [2.75, 3.05) is 0 Å². The number of ketones is 1. The molecule has 0 aliphatic heterocycles. The van der Waals surface area contributed by atoms with Crippen LogP contribution in [0.4, 0.5) is 0 Å². The molecule has 0 bridgehead atoms. The fourth-order valence-electron chi connectivity index (χ4n) is 1.84. The summed E-state index contributed by atoms with van der Waals surface area (Å²) in [5, 5.41) is 0. The number of alkyl halides is 2. The molecule has 0 aromatic heterocycles. The SMILES string of the molecule is CC1(C)C=C(C(=O)c2ccccc2)C=CC1(Cl)Cl. The molecular formula is C15H14Cl2O. The Balaban J connectivity index is 2.35. The first-order valence-electron chi connectivity index (χ1n) is 5.73. The summed E-state index contributed by atoms with van der Waals surface area (Å²) in [5.41, 5.74) is 0.814. The smallest absolute Gasteiger partial charge is 0.192 e. The highest BCUT2D eigenvalue weighted by Gasteiger charge is 2.41. The normalized spacial score (nSPS) is 20.3. The molecule has 1 aliphatic rings. The average molecular weight is 281 g/mol. The van der Waals surface area contributed by atoms with Crippen LogP contribution in [0, 0.1) is 5.41 Å². The van der Waals surface area contributed by atoms with Crippen LogP contribution < -0.4 is 0 Å². The van der Waals surface area contributed by atoms with Gasteiger partial charge in [0.05, 0.1) is 0 Å². The second-order valence-corrected chi connectivity index (χ2v) is 6.36. The molecule has 0 N–H and O–H groups in total. The molecule has 1 aliphatic carbocycles. The van der Waals surface area contributed by atoms with Crippen LogP contribution >= 0.6 is 23.2 Å². The van der Waals surface area contributed by atoms with Crippen LogP contribution in [-0.2, 0) is 0 Å². The van der Waals surface area contributed by atoms with Gasteiger partial charge in [-0.25, -0.2) is 0 Å². The second kappa shape index (κ2) is 4.56. The monoisotopic (exact) mass is 280 g/mol. The van der Waals surface area contributed by atoms with Crippen molar-refractivity contribution in [2.24, 2.45) is 5.41 Å². The van der Waals surface area contributed by atoms with Gasteiger partial charge >= 0.3 is 0 Å². The lowest BCUT2D eigenvalue weighted by molar-refractivity contribution is 0.103. The van der Waals surface area contributed by atoms with Crippen molar-refractivity contribution in [3.8, 4) is 0 Å². The molecule has 0 heterocycles. The Labute approximate surface area is 117 Å². The third-order valence-corrected chi connectivity index (χ3v) is 4.37. The van der Waals surface area contributed by atoms with Gasteiger partial charge in [0, 0.05) is 16.6 Å². The summed E-state index contributed by atoms with van der Waals surface area (Å²) in [6.45, 7) is 3.82. The third kappa shape index (κ3) is 2.38. The van der Waals surface area contributed by atoms with Gasteiger partial charge in [-0.05, 0) is 6.08 Å². The van der Waals surface area contributed by atoms with Crippen molar-refractivity contribution in [3.63, 3.8) is 0 Å². The zero-order valence-corrected chi connectivity index (χ0v) is 11.8. The molecule has 2 rings (SSSR count). The van der Waals surface area contributed by atoms with E-state index in [0.717, 1.165) is 0 Å². The molecule has 0 unspecified atom stereocenters. The van der Waals surface area contributed by atoms with Gasteiger partial charge in [-0.1, -0.05) is 79.5 Å². The third-order valence-electron chi connectivity index (χ3n) is 3.15. The lowest BCUT2D eigenvalue weighted by Gasteiger charge is -2.35. The Morgan fingerprint density at radius 3 is 2.28 bits per heavy atom. The fraction of sp³-hybridized carbons (Fsp3) is 0.267. The van der Waals surface area contributed by atoms with Crippen LogP contribution in [0.5, 0.6) is 0 Å². The second-order valence-electron chi connectivity index (χ2n) is 4.97. The lowest BCUT2D eigenvalue weighted by atomic mass is 9.81. The molecule has 1 nitrogen and oxygen atoms in total. The quantitative estimate of drug-likeness (QED) is 0.573. The molecule has 0 fully saturated rings. The van der Waals surface area contributed by atoms with Crippen LogP contribution in [0.3, 0.4) is 0 Å². The summed E-state index contributed by atoms with van der Waals surface area (Å²) in [6, 6.07) is 9.17. The molecule has 0 radical (unpaired) electrons. The van der Waals surface area contributed by atoms with Crippen LogP contribution in [0.25, 0.3) is 0 Å². The number of Topliss-reactive ketones (excluding diaryl/α,β-unsaturated/α-hetero) is 1. The minimum absolute atomic E-state index is 0.0104. The van der Waals surface area contributed by atoms with Gasteiger partial charge in [-0.2, -0.15) is 0 Å². The number of carbonyl (C=O) groups excluding carboxylic acids is 1. The van der Waals surface area contributed by atoms with E-state index in [4.69, 9.17) is 23.2 Å². The van der Waals surface area contributed by atoms with Gasteiger partial charge in [0.2, 0.25) is 0 Å². The number of rotatable bonds is 2. The Hall–Kier alpha value is -1.05. The highest BCUT2D eigenvalue weighted by atomic mass is 35.5. The van der Waals surface area contributed by atoms with E-state index in [1.54, 1.807) is 24.3 Å². The first-order chi connectivity index (χ1) is 8.33.